The van der Waals surface area contributed by atoms with E-state index in [1.165, 1.54) is 0 Å². The van der Waals surface area contributed by atoms with Gasteiger partial charge in [0, 0.05) is 17.3 Å². The fourth-order valence-corrected chi connectivity index (χ4v) is 2.85. The second-order valence-corrected chi connectivity index (χ2v) is 6.30. The molecule has 2 aromatic carbocycles. The van der Waals surface area contributed by atoms with Gasteiger partial charge in [0.05, 0.1) is 16.7 Å². The third-order valence-electron chi connectivity index (χ3n) is 3.19. The molecule has 5 heteroatoms. The van der Waals surface area contributed by atoms with Crippen LogP contribution < -0.4 is 10.1 Å². The zero-order valence-electron chi connectivity index (χ0n) is 12.6. The molecular weight excluding hydrogens is 341 g/mol. The van der Waals surface area contributed by atoms with Gasteiger partial charge in [-0.25, -0.2) is 0 Å². The number of nitrogens with one attached hydrogen (secondary N) is 1. The minimum atomic E-state index is 0.528. The predicted molar refractivity (Wildman–Crippen MR) is 95.8 cm³/mol. The normalized spacial score (nSPS) is 10.6. The summed E-state index contributed by atoms with van der Waals surface area (Å²) in [7, 11) is 0. The molecule has 0 saturated carbocycles. The van der Waals surface area contributed by atoms with Crippen molar-refractivity contribution in [3.8, 4) is 5.75 Å². The highest BCUT2D eigenvalue weighted by Crippen LogP contribution is 2.34. The number of anilines is 1. The first-order valence-electron chi connectivity index (χ1n) is 7.12. The lowest BCUT2D eigenvalue weighted by atomic mass is 10.1. The van der Waals surface area contributed by atoms with Crippen molar-refractivity contribution in [1.82, 2.24) is 0 Å². The summed E-state index contributed by atoms with van der Waals surface area (Å²) in [5.74, 6) is 0.549. The zero-order valence-corrected chi connectivity index (χ0v) is 14.8. The lowest BCUT2D eigenvalue weighted by Crippen LogP contribution is -2.02. The second-order valence-electron chi connectivity index (χ2n) is 5.05. The van der Waals surface area contributed by atoms with E-state index >= 15 is 0 Å². The van der Waals surface area contributed by atoms with Gasteiger partial charge in [0.15, 0.2) is 5.75 Å². The van der Waals surface area contributed by atoms with E-state index in [1.54, 1.807) is 0 Å². The van der Waals surface area contributed by atoms with Gasteiger partial charge < -0.3 is 10.1 Å². The Hall–Kier alpha value is -1.09. The SMILES string of the molecule is CCCOc1c(Cl)cc(CNc2cc(Cl)ccc2C)cc1Cl. The highest BCUT2D eigenvalue weighted by Gasteiger charge is 2.10. The molecule has 0 saturated heterocycles. The zero-order chi connectivity index (χ0) is 16.1. The van der Waals surface area contributed by atoms with E-state index in [1.807, 2.05) is 44.2 Å². The van der Waals surface area contributed by atoms with Gasteiger partial charge in [-0.15, -0.1) is 0 Å². The Bertz CT molecular complexity index is 635. The van der Waals surface area contributed by atoms with Gasteiger partial charge in [0.2, 0.25) is 0 Å². The van der Waals surface area contributed by atoms with Gasteiger partial charge in [0.25, 0.3) is 0 Å². The Labute approximate surface area is 146 Å². The molecule has 2 aromatic rings. The van der Waals surface area contributed by atoms with Crippen LogP contribution in [-0.2, 0) is 6.54 Å². The van der Waals surface area contributed by atoms with E-state index in [9.17, 15) is 0 Å². The van der Waals surface area contributed by atoms with Gasteiger partial charge in [-0.3, -0.25) is 0 Å². The quantitative estimate of drug-likeness (QED) is 0.649. The molecule has 1 N–H and O–H groups in total. The van der Waals surface area contributed by atoms with Crippen molar-refractivity contribution in [2.75, 3.05) is 11.9 Å². The molecule has 0 aromatic heterocycles. The van der Waals surface area contributed by atoms with Crippen LogP contribution in [0.1, 0.15) is 24.5 Å². The lowest BCUT2D eigenvalue weighted by molar-refractivity contribution is 0.318. The van der Waals surface area contributed by atoms with E-state index in [-0.39, 0.29) is 0 Å². The highest BCUT2D eigenvalue weighted by atomic mass is 35.5. The summed E-state index contributed by atoms with van der Waals surface area (Å²) < 4.78 is 5.57. The minimum Gasteiger partial charge on any atom is -0.490 e. The van der Waals surface area contributed by atoms with Gasteiger partial charge in [0.1, 0.15) is 0 Å². The molecule has 0 aliphatic rings. The maximum Gasteiger partial charge on any atom is 0.156 e. The van der Waals surface area contributed by atoms with Crippen molar-refractivity contribution < 1.29 is 4.74 Å². The average molecular weight is 359 g/mol. The van der Waals surface area contributed by atoms with Crippen molar-refractivity contribution >= 4 is 40.5 Å². The molecule has 0 unspecified atom stereocenters. The van der Waals surface area contributed by atoms with E-state index in [0.717, 1.165) is 23.2 Å². The molecule has 0 aliphatic carbocycles. The molecular formula is C17H18Cl3NO. The first-order valence-corrected chi connectivity index (χ1v) is 8.25. The van der Waals surface area contributed by atoms with Crippen LogP contribution in [0.25, 0.3) is 0 Å². The largest absolute Gasteiger partial charge is 0.490 e. The molecule has 0 heterocycles. The Morgan fingerprint density at radius 1 is 1.05 bits per heavy atom. The van der Waals surface area contributed by atoms with Crippen molar-refractivity contribution in [3.05, 3.63) is 56.5 Å². The predicted octanol–water partition coefficient (Wildman–Crippen LogP) is 6.36. The molecule has 2 nitrogen and oxygen atoms in total. The van der Waals surface area contributed by atoms with Crippen LogP contribution in [0.4, 0.5) is 5.69 Å². The number of halogens is 3. The first kappa shape index (κ1) is 17.3. The number of hydrogen-bond donors (Lipinski definition) is 1. The van der Waals surface area contributed by atoms with Gasteiger partial charge in [-0.1, -0.05) is 47.8 Å². The summed E-state index contributed by atoms with van der Waals surface area (Å²) in [4.78, 5) is 0. The van der Waals surface area contributed by atoms with Gasteiger partial charge in [-0.2, -0.15) is 0 Å². The van der Waals surface area contributed by atoms with Crippen molar-refractivity contribution in [3.63, 3.8) is 0 Å². The molecule has 0 atom stereocenters. The third-order valence-corrected chi connectivity index (χ3v) is 3.99. The third kappa shape index (κ3) is 4.45. The monoisotopic (exact) mass is 357 g/mol. The van der Waals surface area contributed by atoms with Crippen molar-refractivity contribution in [1.29, 1.82) is 0 Å². The summed E-state index contributed by atoms with van der Waals surface area (Å²) in [6.07, 6.45) is 0.907. The summed E-state index contributed by atoms with van der Waals surface area (Å²) in [6, 6.07) is 9.48. The standard InChI is InChI=1S/C17H18Cl3NO/c1-3-6-22-17-14(19)7-12(8-15(17)20)10-21-16-9-13(18)5-4-11(16)2/h4-5,7-9,21H,3,6,10H2,1-2H3. The highest BCUT2D eigenvalue weighted by molar-refractivity contribution is 6.37. The second kappa shape index (κ2) is 7.96. The van der Waals surface area contributed by atoms with Crippen LogP contribution in [0.15, 0.2) is 30.3 Å². The summed E-state index contributed by atoms with van der Waals surface area (Å²) >= 11 is 18.5. The lowest BCUT2D eigenvalue weighted by Gasteiger charge is -2.13. The van der Waals surface area contributed by atoms with Crippen LogP contribution in [0.3, 0.4) is 0 Å². The van der Waals surface area contributed by atoms with E-state index in [2.05, 4.69) is 5.32 Å². The molecule has 22 heavy (non-hydrogen) atoms. The van der Waals surface area contributed by atoms with E-state index < -0.39 is 0 Å². The topological polar surface area (TPSA) is 21.3 Å². The number of ether oxygens (including phenoxy) is 1. The molecule has 0 fully saturated rings. The number of hydrogen-bond acceptors (Lipinski definition) is 2. The summed E-state index contributed by atoms with van der Waals surface area (Å²) in [5.41, 5.74) is 3.11. The molecule has 0 amide bonds. The van der Waals surface area contributed by atoms with Crippen molar-refractivity contribution in [2.45, 2.75) is 26.8 Å². The Morgan fingerprint density at radius 3 is 2.36 bits per heavy atom. The fourth-order valence-electron chi connectivity index (χ4n) is 2.04. The Kier molecular flexibility index (Phi) is 6.25. The van der Waals surface area contributed by atoms with Crippen LogP contribution in [0.5, 0.6) is 5.75 Å². The number of benzene rings is 2. The fraction of sp³-hybridized carbons (Fsp3) is 0.294. The average Bonchev–Trinajstić information content (AvgIpc) is 2.47. The smallest absolute Gasteiger partial charge is 0.156 e. The van der Waals surface area contributed by atoms with Crippen molar-refractivity contribution in [2.24, 2.45) is 0 Å². The molecule has 0 spiro atoms. The Balaban J connectivity index is 2.12. The molecule has 2 rings (SSSR count). The van der Waals surface area contributed by atoms with Crippen LogP contribution >= 0.6 is 34.8 Å². The molecule has 0 bridgehead atoms. The van der Waals surface area contributed by atoms with Gasteiger partial charge >= 0.3 is 0 Å². The maximum atomic E-state index is 6.25. The Morgan fingerprint density at radius 2 is 1.73 bits per heavy atom. The summed E-state index contributed by atoms with van der Waals surface area (Å²) in [6.45, 7) is 5.27. The van der Waals surface area contributed by atoms with Gasteiger partial charge in [-0.05, 0) is 48.7 Å². The molecule has 0 aliphatic heterocycles. The van der Waals surface area contributed by atoms with Crippen LogP contribution in [0, 0.1) is 6.92 Å². The van der Waals surface area contributed by atoms with Crippen LogP contribution in [-0.4, -0.2) is 6.61 Å². The first-order chi connectivity index (χ1) is 10.5. The summed E-state index contributed by atoms with van der Waals surface area (Å²) in [5, 5.41) is 5.10. The number of rotatable bonds is 6. The molecule has 0 radical (unpaired) electrons. The number of aryl methyl sites for hydroxylation is 1. The van der Waals surface area contributed by atoms with Crippen LogP contribution in [0.2, 0.25) is 15.1 Å². The maximum absolute atomic E-state index is 6.25. The van der Waals surface area contributed by atoms with E-state index in [0.29, 0.717) is 34.0 Å². The van der Waals surface area contributed by atoms with E-state index in [4.69, 9.17) is 39.5 Å². The molecule has 118 valence electrons. The minimum absolute atomic E-state index is 0.528.